The van der Waals surface area contributed by atoms with Crippen LogP contribution in [-0.4, -0.2) is 45.8 Å². The number of hydrogen-bond acceptors (Lipinski definition) is 5. The number of aromatic nitrogens is 2. The zero-order chi connectivity index (χ0) is 20.3. The number of nitrogens with one attached hydrogen (secondary N) is 2. The van der Waals surface area contributed by atoms with E-state index < -0.39 is 0 Å². The Morgan fingerprint density at radius 1 is 1.25 bits per heavy atom. The molecule has 2 heterocycles. The van der Waals surface area contributed by atoms with Gasteiger partial charge in [-0.25, -0.2) is 9.97 Å². The first kappa shape index (κ1) is 19.8. The van der Waals surface area contributed by atoms with Crippen molar-refractivity contribution in [3.05, 3.63) is 58.9 Å². The van der Waals surface area contributed by atoms with Crippen LogP contribution < -0.4 is 10.6 Å². The van der Waals surface area contributed by atoms with Crippen molar-refractivity contribution in [2.75, 3.05) is 23.7 Å². The van der Waals surface area contributed by atoms with E-state index in [2.05, 4.69) is 27.2 Å². The molecule has 1 aromatic heterocycles. The maximum atomic E-state index is 12.9. The van der Waals surface area contributed by atoms with E-state index in [4.69, 9.17) is 11.6 Å². The van der Waals surface area contributed by atoms with E-state index in [0.717, 1.165) is 17.5 Å². The molecule has 0 aliphatic carbocycles. The summed E-state index contributed by atoms with van der Waals surface area (Å²) < 4.78 is 0. The molecule has 0 saturated carbocycles. The van der Waals surface area contributed by atoms with Gasteiger partial charge < -0.3 is 15.5 Å². The topological polar surface area (TPSA) is 87.2 Å². The Kier molecular flexibility index (Phi) is 5.94. The number of likely N-dealkylation sites (tertiary alicyclic amines) is 1. The molecule has 1 saturated heterocycles. The summed E-state index contributed by atoms with van der Waals surface area (Å²) in [5.41, 5.74) is 2.99. The Labute approximate surface area is 168 Å². The summed E-state index contributed by atoms with van der Waals surface area (Å²) in [5.74, 6) is 0.190. The van der Waals surface area contributed by atoms with Crippen LogP contribution in [0.2, 0.25) is 5.02 Å². The minimum Gasteiger partial charge on any atom is -0.350 e. The predicted molar refractivity (Wildman–Crippen MR) is 110 cm³/mol. The van der Waals surface area contributed by atoms with Crippen molar-refractivity contribution in [2.24, 2.45) is 0 Å². The lowest BCUT2D eigenvalue weighted by Crippen LogP contribution is -2.32. The van der Waals surface area contributed by atoms with Crippen molar-refractivity contribution >= 4 is 35.1 Å². The molecule has 28 heavy (non-hydrogen) atoms. The van der Waals surface area contributed by atoms with Crippen LogP contribution in [0.5, 0.6) is 0 Å². The number of rotatable bonds is 5. The number of carbonyl (C=O) groups excluding carboxylic acids is 2. The van der Waals surface area contributed by atoms with E-state index in [1.807, 2.05) is 18.7 Å². The third kappa shape index (κ3) is 4.48. The fourth-order valence-corrected chi connectivity index (χ4v) is 3.37. The van der Waals surface area contributed by atoms with E-state index in [9.17, 15) is 9.59 Å². The molecule has 0 radical (unpaired) electrons. The highest BCUT2D eigenvalue weighted by atomic mass is 35.5. The lowest BCUT2D eigenvalue weighted by atomic mass is 10.0. The zero-order valence-electron chi connectivity index (χ0n) is 15.8. The molecule has 2 amide bonds. The van der Waals surface area contributed by atoms with Crippen molar-refractivity contribution in [3.8, 4) is 0 Å². The van der Waals surface area contributed by atoms with Crippen molar-refractivity contribution in [3.63, 3.8) is 0 Å². The molecule has 0 bridgehead atoms. The standard InChI is InChI=1S/C20H22ClN5O2/c1-4-17(27)25-18-12(2)7-14(8-13(18)3)19(28)26-6-5-16(11-26)24-20-22-9-15(21)10-23-20/h4,7-10,16H,1,5-6,11H2,2-3H3,(H,25,27)(H,22,23,24). The van der Waals surface area contributed by atoms with Gasteiger partial charge in [0.15, 0.2) is 0 Å². The highest BCUT2D eigenvalue weighted by molar-refractivity contribution is 6.30. The maximum Gasteiger partial charge on any atom is 0.253 e. The first-order chi connectivity index (χ1) is 13.4. The molecule has 1 aliphatic rings. The van der Waals surface area contributed by atoms with Crippen molar-refractivity contribution in [1.29, 1.82) is 0 Å². The van der Waals surface area contributed by atoms with Gasteiger partial charge in [0, 0.05) is 30.4 Å². The number of nitrogens with zero attached hydrogens (tertiary/aromatic N) is 3. The quantitative estimate of drug-likeness (QED) is 0.754. The summed E-state index contributed by atoms with van der Waals surface area (Å²) >= 11 is 5.80. The molecule has 1 aromatic carbocycles. The smallest absolute Gasteiger partial charge is 0.253 e. The molecule has 146 valence electrons. The van der Waals surface area contributed by atoms with Crippen LogP contribution in [-0.2, 0) is 4.79 Å². The van der Waals surface area contributed by atoms with E-state index in [1.165, 1.54) is 18.5 Å². The van der Waals surface area contributed by atoms with Crippen molar-refractivity contribution < 1.29 is 9.59 Å². The molecule has 8 heteroatoms. The lowest BCUT2D eigenvalue weighted by Gasteiger charge is -2.19. The van der Waals surface area contributed by atoms with Crippen LogP contribution in [0.4, 0.5) is 11.6 Å². The molecular formula is C20H22ClN5O2. The van der Waals surface area contributed by atoms with Crippen LogP contribution in [0, 0.1) is 13.8 Å². The van der Waals surface area contributed by atoms with Crippen LogP contribution in [0.25, 0.3) is 0 Å². The Balaban J connectivity index is 1.68. The van der Waals surface area contributed by atoms with E-state index in [1.54, 1.807) is 12.1 Å². The molecule has 1 unspecified atom stereocenters. The predicted octanol–water partition coefficient (Wildman–Crippen LogP) is 3.20. The normalized spacial score (nSPS) is 16.0. The monoisotopic (exact) mass is 399 g/mol. The molecule has 2 aromatic rings. The van der Waals surface area contributed by atoms with Crippen LogP contribution in [0.3, 0.4) is 0 Å². The Bertz CT molecular complexity index is 890. The molecule has 0 spiro atoms. The molecule has 1 fully saturated rings. The summed E-state index contributed by atoms with van der Waals surface area (Å²) in [7, 11) is 0. The summed E-state index contributed by atoms with van der Waals surface area (Å²) in [6.45, 7) is 8.42. The van der Waals surface area contributed by atoms with Gasteiger partial charge in [0.1, 0.15) is 0 Å². The fraction of sp³-hybridized carbons (Fsp3) is 0.300. The number of hydrogen-bond donors (Lipinski definition) is 2. The van der Waals surface area contributed by atoms with E-state index in [-0.39, 0.29) is 17.9 Å². The number of amides is 2. The minimum atomic E-state index is -0.275. The molecule has 1 atom stereocenters. The summed E-state index contributed by atoms with van der Waals surface area (Å²) in [5, 5.41) is 6.50. The van der Waals surface area contributed by atoms with Gasteiger partial charge in [0.25, 0.3) is 5.91 Å². The summed E-state index contributed by atoms with van der Waals surface area (Å²) in [6, 6.07) is 3.69. The molecule has 7 nitrogen and oxygen atoms in total. The van der Waals surface area contributed by atoms with Gasteiger partial charge >= 0.3 is 0 Å². The van der Waals surface area contributed by atoms with Crippen molar-refractivity contribution in [1.82, 2.24) is 14.9 Å². The van der Waals surface area contributed by atoms with E-state index >= 15 is 0 Å². The highest BCUT2D eigenvalue weighted by Gasteiger charge is 2.28. The second-order valence-electron chi connectivity index (χ2n) is 6.78. The van der Waals surface area contributed by atoms with E-state index in [0.29, 0.717) is 35.3 Å². The lowest BCUT2D eigenvalue weighted by molar-refractivity contribution is -0.111. The molecular weight excluding hydrogens is 378 g/mol. The first-order valence-corrected chi connectivity index (χ1v) is 9.33. The Morgan fingerprint density at radius 3 is 2.50 bits per heavy atom. The SMILES string of the molecule is C=CC(=O)Nc1c(C)cc(C(=O)N2CCC(Nc3ncc(Cl)cn3)C2)cc1C. The number of benzene rings is 1. The van der Waals surface area contributed by atoms with Crippen LogP contribution >= 0.6 is 11.6 Å². The number of anilines is 2. The highest BCUT2D eigenvalue weighted by Crippen LogP contribution is 2.24. The summed E-state index contributed by atoms with van der Waals surface area (Å²) in [6.07, 6.45) is 5.10. The molecule has 1 aliphatic heterocycles. The van der Waals surface area contributed by atoms with Gasteiger partial charge in [-0.1, -0.05) is 18.2 Å². The Morgan fingerprint density at radius 2 is 1.89 bits per heavy atom. The number of aryl methyl sites for hydroxylation is 2. The average molecular weight is 400 g/mol. The number of halogens is 1. The Hall–Kier alpha value is -2.93. The van der Waals surface area contributed by atoms with Gasteiger partial charge in [0.05, 0.1) is 17.4 Å². The first-order valence-electron chi connectivity index (χ1n) is 8.95. The van der Waals surface area contributed by atoms with Gasteiger partial charge in [0.2, 0.25) is 11.9 Å². The largest absolute Gasteiger partial charge is 0.350 e. The summed E-state index contributed by atoms with van der Waals surface area (Å²) in [4.78, 5) is 34.6. The fourth-order valence-electron chi connectivity index (χ4n) is 3.27. The second kappa shape index (κ2) is 8.39. The zero-order valence-corrected chi connectivity index (χ0v) is 16.6. The third-order valence-electron chi connectivity index (χ3n) is 4.64. The van der Waals surface area contributed by atoms with Crippen molar-refractivity contribution in [2.45, 2.75) is 26.3 Å². The minimum absolute atomic E-state index is 0.0332. The van der Waals surface area contributed by atoms with Gasteiger partial charge in [-0.3, -0.25) is 9.59 Å². The van der Waals surface area contributed by atoms with Gasteiger partial charge in [-0.05, 0) is 49.6 Å². The van der Waals surface area contributed by atoms with Crippen LogP contribution in [0.1, 0.15) is 27.9 Å². The van der Waals surface area contributed by atoms with Gasteiger partial charge in [-0.2, -0.15) is 0 Å². The molecule has 3 rings (SSSR count). The molecule has 2 N–H and O–H groups in total. The van der Waals surface area contributed by atoms with Gasteiger partial charge in [-0.15, -0.1) is 0 Å². The maximum absolute atomic E-state index is 12.9. The third-order valence-corrected chi connectivity index (χ3v) is 4.84. The number of carbonyl (C=O) groups is 2. The average Bonchev–Trinajstić information content (AvgIpc) is 3.14. The van der Waals surface area contributed by atoms with Crippen LogP contribution in [0.15, 0.2) is 37.2 Å². The second-order valence-corrected chi connectivity index (χ2v) is 7.22.